The lowest BCUT2D eigenvalue weighted by Crippen LogP contribution is -2.40. The van der Waals surface area contributed by atoms with E-state index in [1.807, 2.05) is 36.4 Å². The lowest BCUT2D eigenvalue weighted by molar-refractivity contribution is 0.123. The summed E-state index contributed by atoms with van der Waals surface area (Å²) < 4.78 is 18.5. The largest absolute Gasteiger partial charge is 0.493 e. The van der Waals surface area contributed by atoms with Gasteiger partial charge in [0.25, 0.3) is 5.17 Å². The lowest BCUT2D eigenvalue weighted by Gasteiger charge is -2.34. The maximum Gasteiger partial charge on any atom is 0.261 e. The summed E-state index contributed by atoms with van der Waals surface area (Å²) in [6.45, 7) is 4.25. The lowest BCUT2D eigenvalue weighted by atomic mass is 9.69. The van der Waals surface area contributed by atoms with Crippen molar-refractivity contribution in [1.29, 1.82) is 0 Å². The minimum atomic E-state index is -0.0724. The minimum Gasteiger partial charge on any atom is -0.493 e. The van der Waals surface area contributed by atoms with E-state index in [-0.39, 0.29) is 23.5 Å². The number of para-hydroxylation sites is 1. The van der Waals surface area contributed by atoms with Crippen molar-refractivity contribution in [2.24, 2.45) is 5.92 Å². The molecule has 5 rings (SSSR count). The van der Waals surface area contributed by atoms with E-state index in [0.717, 1.165) is 43.1 Å². The third kappa shape index (κ3) is 2.96. The fourth-order valence-electron chi connectivity index (χ4n) is 5.67. The zero-order valence-electron chi connectivity index (χ0n) is 17.7. The van der Waals surface area contributed by atoms with Crippen molar-refractivity contribution in [3.63, 3.8) is 0 Å². The van der Waals surface area contributed by atoms with Gasteiger partial charge in [-0.3, -0.25) is 0 Å². The summed E-state index contributed by atoms with van der Waals surface area (Å²) in [5.74, 6) is 2.04. The van der Waals surface area contributed by atoms with E-state index in [4.69, 9.17) is 26.4 Å². The van der Waals surface area contributed by atoms with Gasteiger partial charge in [0, 0.05) is 35.5 Å². The predicted molar refractivity (Wildman–Crippen MR) is 121 cm³/mol. The highest BCUT2D eigenvalue weighted by Gasteiger charge is 2.62. The number of methoxy groups -OCH3 is 1. The first-order valence-electron chi connectivity index (χ1n) is 10.6. The zero-order valence-corrected chi connectivity index (χ0v) is 18.5. The Morgan fingerprint density at radius 2 is 2.03 bits per heavy atom. The first kappa shape index (κ1) is 19.6. The second-order valence-corrected chi connectivity index (χ2v) is 9.10. The molecule has 6 heteroatoms. The van der Waals surface area contributed by atoms with Crippen molar-refractivity contribution in [2.45, 2.75) is 43.9 Å². The molecule has 158 valence electrons. The van der Waals surface area contributed by atoms with Gasteiger partial charge in [-0.1, -0.05) is 31.2 Å². The van der Waals surface area contributed by atoms with E-state index in [2.05, 4.69) is 30.3 Å². The third-order valence-electron chi connectivity index (χ3n) is 7.17. The molecule has 0 saturated heterocycles. The Hall–Kier alpha value is -2.31. The van der Waals surface area contributed by atoms with Crippen LogP contribution >= 0.6 is 12.2 Å². The molecule has 5 nitrogen and oxygen atoms in total. The Kier molecular flexibility index (Phi) is 4.86. The second kappa shape index (κ2) is 7.43. The molecule has 0 radical (unpaired) electrons. The second-order valence-electron chi connectivity index (χ2n) is 8.72. The molecule has 1 N–H and O–H groups in total. The molecule has 2 aliphatic heterocycles. The molecule has 0 bridgehead atoms. The van der Waals surface area contributed by atoms with Gasteiger partial charge < -0.3 is 24.4 Å². The highest BCUT2D eigenvalue weighted by molar-refractivity contribution is 7.80. The molecule has 0 amide bonds. The van der Waals surface area contributed by atoms with Crippen molar-refractivity contribution in [1.82, 2.24) is 4.90 Å². The summed E-state index contributed by atoms with van der Waals surface area (Å²) in [5.41, 5.74) is 3.54. The highest BCUT2D eigenvalue weighted by atomic mass is 32.1. The molecule has 1 spiro atoms. The molecule has 1 unspecified atom stereocenters. The number of rotatable bonds is 3. The van der Waals surface area contributed by atoms with Crippen LogP contribution in [0.5, 0.6) is 11.5 Å². The first-order chi connectivity index (χ1) is 14.5. The molecular weight excluding hydrogens is 396 g/mol. The number of anilines is 1. The first-order valence-corrected chi connectivity index (χ1v) is 11.0. The smallest absolute Gasteiger partial charge is 0.261 e. The Labute approximate surface area is 183 Å². The Morgan fingerprint density at radius 3 is 2.80 bits per heavy atom. The molecule has 1 saturated carbocycles. The maximum atomic E-state index is 6.57. The molecule has 4 atom stereocenters. The minimum absolute atomic E-state index is 0.00863. The summed E-state index contributed by atoms with van der Waals surface area (Å²) in [7, 11) is 3.91. The molecule has 1 fully saturated rings. The van der Waals surface area contributed by atoms with Crippen LogP contribution in [0.4, 0.5) is 5.69 Å². The summed E-state index contributed by atoms with van der Waals surface area (Å²) in [4.78, 5) is 2.40. The van der Waals surface area contributed by atoms with E-state index >= 15 is 0 Å². The van der Waals surface area contributed by atoms with Crippen LogP contribution in [0.25, 0.3) is 0 Å². The Morgan fingerprint density at radius 1 is 1.23 bits per heavy atom. The van der Waals surface area contributed by atoms with Gasteiger partial charge in [0.1, 0.15) is 12.2 Å². The maximum absolute atomic E-state index is 6.57. The molecule has 0 aromatic heterocycles. The van der Waals surface area contributed by atoms with Crippen LogP contribution in [0, 0.1) is 5.92 Å². The molecule has 30 heavy (non-hydrogen) atoms. The molecule has 2 aromatic carbocycles. The fraction of sp³-hybridized carbons (Fsp3) is 0.458. The number of nitrogens with zero attached hydrogens (tertiary/aromatic N) is 1. The average Bonchev–Trinajstić information content (AvgIpc) is 3.12. The highest BCUT2D eigenvalue weighted by Crippen LogP contribution is 2.61. The Balaban J connectivity index is 1.45. The average molecular weight is 425 g/mol. The van der Waals surface area contributed by atoms with Crippen LogP contribution < -0.4 is 14.8 Å². The van der Waals surface area contributed by atoms with E-state index in [1.54, 1.807) is 7.11 Å². The standard InChI is InChI=1S/C24H28N2O3S/c1-15-19(28-23(30)25-17-7-5-4-6-8-17)13-20-24(15)11-12-26(2)14-16-9-10-18(27-3)22(29-20)21(16)24/h4-10,15,19-20H,11-14H2,1-3H3,(H,25,30)/t15?,19-,20-,24+/m0/s1. The van der Waals surface area contributed by atoms with Gasteiger partial charge in [0.05, 0.1) is 7.11 Å². The normalized spacial score (nSPS) is 29.4. The van der Waals surface area contributed by atoms with Gasteiger partial charge in [-0.25, -0.2) is 0 Å². The molecular formula is C24H28N2O3S. The van der Waals surface area contributed by atoms with Crippen LogP contribution in [0.1, 0.15) is 30.9 Å². The van der Waals surface area contributed by atoms with Crippen molar-refractivity contribution >= 4 is 23.1 Å². The Bertz CT molecular complexity index is 966. The van der Waals surface area contributed by atoms with Crippen LogP contribution in [-0.4, -0.2) is 43.0 Å². The van der Waals surface area contributed by atoms with Crippen LogP contribution in [0.3, 0.4) is 0 Å². The molecule has 3 aliphatic rings. The van der Waals surface area contributed by atoms with Gasteiger partial charge in [0.2, 0.25) is 0 Å². The van der Waals surface area contributed by atoms with Crippen molar-refractivity contribution in [3.8, 4) is 11.5 Å². The summed E-state index contributed by atoms with van der Waals surface area (Å²) in [5, 5.41) is 3.63. The van der Waals surface area contributed by atoms with Crippen molar-refractivity contribution in [2.75, 3.05) is 26.0 Å². The van der Waals surface area contributed by atoms with Gasteiger partial charge in [-0.15, -0.1) is 0 Å². The number of nitrogens with one attached hydrogen (secondary N) is 1. The molecule has 2 heterocycles. The third-order valence-corrected chi connectivity index (χ3v) is 7.37. The van der Waals surface area contributed by atoms with Gasteiger partial charge in [-0.05, 0) is 56.0 Å². The predicted octanol–water partition coefficient (Wildman–Crippen LogP) is 4.35. The van der Waals surface area contributed by atoms with Crippen molar-refractivity contribution in [3.05, 3.63) is 53.6 Å². The summed E-state index contributed by atoms with van der Waals surface area (Å²) in [6, 6.07) is 14.2. The zero-order chi connectivity index (χ0) is 20.9. The molecule has 2 aromatic rings. The van der Waals surface area contributed by atoms with Crippen LogP contribution in [0.2, 0.25) is 0 Å². The van der Waals surface area contributed by atoms with Gasteiger partial charge in [0.15, 0.2) is 11.5 Å². The number of hydrogen-bond donors (Lipinski definition) is 1. The summed E-state index contributed by atoms with van der Waals surface area (Å²) in [6.07, 6.45) is 1.95. The van der Waals surface area contributed by atoms with E-state index < -0.39 is 0 Å². The van der Waals surface area contributed by atoms with Crippen LogP contribution in [-0.2, 0) is 16.7 Å². The van der Waals surface area contributed by atoms with Gasteiger partial charge >= 0.3 is 0 Å². The number of ether oxygens (including phenoxy) is 3. The van der Waals surface area contributed by atoms with Gasteiger partial charge in [-0.2, -0.15) is 0 Å². The number of hydrogen-bond acceptors (Lipinski definition) is 5. The molecule has 1 aliphatic carbocycles. The van der Waals surface area contributed by atoms with E-state index in [9.17, 15) is 0 Å². The summed E-state index contributed by atoms with van der Waals surface area (Å²) >= 11 is 5.53. The van der Waals surface area contributed by atoms with E-state index in [0.29, 0.717) is 5.17 Å². The SMILES string of the molecule is COc1ccc2c3c1O[C@H]1C[C@H](OC(=S)Nc4ccccc4)C(C)[C@@]31CCN(C)C2. The van der Waals surface area contributed by atoms with E-state index in [1.165, 1.54) is 11.1 Å². The number of benzene rings is 2. The topological polar surface area (TPSA) is 43.0 Å². The quantitative estimate of drug-likeness (QED) is 0.739. The number of thiocarbonyl (C=S) groups is 1. The monoisotopic (exact) mass is 424 g/mol. The fourth-order valence-corrected chi connectivity index (χ4v) is 5.92. The van der Waals surface area contributed by atoms with Crippen molar-refractivity contribution < 1.29 is 14.2 Å². The van der Waals surface area contributed by atoms with Crippen LogP contribution in [0.15, 0.2) is 42.5 Å².